The molecule has 26 heavy (non-hydrogen) atoms. The van der Waals surface area contributed by atoms with E-state index in [0.717, 1.165) is 31.2 Å². The standard InChI is InChI=1S/C21H19FN2O2/c1-13-23-16-11-14(7-8-18(16)26-13)20(25)24-12-21(9-2-3-10-21)19-15(22)5-4-6-17(19)24/h4-8,11H,2-3,9-10,12H2,1H3. The van der Waals surface area contributed by atoms with Crippen molar-refractivity contribution in [3.63, 3.8) is 0 Å². The third-order valence-electron chi connectivity index (χ3n) is 5.82. The van der Waals surface area contributed by atoms with Crippen LogP contribution in [-0.2, 0) is 5.41 Å². The van der Waals surface area contributed by atoms with Crippen molar-refractivity contribution in [3.05, 3.63) is 59.2 Å². The lowest BCUT2D eigenvalue weighted by atomic mass is 9.80. The highest BCUT2D eigenvalue weighted by Crippen LogP contribution is 2.51. The molecular weight excluding hydrogens is 331 g/mol. The van der Waals surface area contributed by atoms with Crippen LogP contribution in [0, 0.1) is 12.7 Å². The first-order valence-electron chi connectivity index (χ1n) is 9.05. The quantitative estimate of drug-likeness (QED) is 0.636. The first kappa shape index (κ1) is 15.6. The largest absolute Gasteiger partial charge is 0.441 e. The molecule has 1 aliphatic heterocycles. The molecule has 0 atom stereocenters. The SMILES string of the molecule is Cc1nc2cc(C(=O)N3CC4(CCCC4)c4c(F)cccc43)ccc2o1. The van der Waals surface area contributed by atoms with E-state index in [1.807, 2.05) is 6.07 Å². The lowest BCUT2D eigenvalue weighted by molar-refractivity contribution is 0.0985. The molecule has 5 heteroatoms. The Morgan fingerprint density at radius 2 is 2.04 bits per heavy atom. The molecule has 2 aromatic carbocycles. The fraction of sp³-hybridized carbons (Fsp3) is 0.333. The predicted octanol–water partition coefficient (Wildman–Crippen LogP) is 4.75. The zero-order valence-corrected chi connectivity index (χ0v) is 14.6. The molecule has 0 N–H and O–H groups in total. The third-order valence-corrected chi connectivity index (χ3v) is 5.82. The van der Waals surface area contributed by atoms with Gasteiger partial charge in [0.15, 0.2) is 11.5 Å². The smallest absolute Gasteiger partial charge is 0.258 e. The van der Waals surface area contributed by atoms with Crippen LogP contribution in [0.2, 0.25) is 0 Å². The van der Waals surface area contributed by atoms with Crippen LogP contribution in [0.15, 0.2) is 40.8 Å². The van der Waals surface area contributed by atoms with Crippen molar-refractivity contribution < 1.29 is 13.6 Å². The van der Waals surface area contributed by atoms with Gasteiger partial charge in [0.2, 0.25) is 0 Å². The van der Waals surface area contributed by atoms with Gasteiger partial charge < -0.3 is 9.32 Å². The highest BCUT2D eigenvalue weighted by atomic mass is 19.1. The Morgan fingerprint density at radius 1 is 1.23 bits per heavy atom. The number of benzene rings is 2. The number of carbonyl (C=O) groups excluding carboxylic acids is 1. The zero-order valence-electron chi connectivity index (χ0n) is 14.6. The molecule has 1 saturated carbocycles. The Hall–Kier alpha value is -2.69. The Labute approximate surface area is 150 Å². The molecule has 4 nitrogen and oxygen atoms in total. The topological polar surface area (TPSA) is 46.3 Å². The molecule has 1 aliphatic carbocycles. The summed E-state index contributed by atoms with van der Waals surface area (Å²) in [7, 11) is 0. The van der Waals surface area contributed by atoms with Crippen molar-refractivity contribution in [2.75, 3.05) is 11.4 Å². The molecule has 1 aromatic heterocycles. The summed E-state index contributed by atoms with van der Waals surface area (Å²) < 4.78 is 20.2. The minimum absolute atomic E-state index is 0.108. The molecule has 2 aliphatic rings. The highest BCUT2D eigenvalue weighted by Gasteiger charge is 2.48. The Morgan fingerprint density at radius 3 is 2.85 bits per heavy atom. The van der Waals surface area contributed by atoms with Gasteiger partial charge in [-0.2, -0.15) is 0 Å². The molecule has 2 heterocycles. The van der Waals surface area contributed by atoms with E-state index in [4.69, 9.17) is 4.42 Å². The highest BCUT2D eigenvalue weighted by molar-refractivity contribution is 6.09. The van der Waals surface area contributed by atoms with Gasteiger partial charge in [0.1, 0.15) is 11.3 Å². The van der Waals surface area contributed by atoms with Gasteiger partial charge in [-0.1, -0.05) is 18.9 Å². The van der Waals surface area contributed by atoms with Crippen molar-refractivity contribution in [3.8, 4) is 0 Å². The van der Waals surface area contributed by atoms with Gasteiger partial charge in [-0.3, -0.25) is 4.79 Å². The lowest BCUT2D eigenvalue weighted by Gasteiger charge is -2.25. The number of carbonyl (C=O) groups is 1. The van der Waals surface area contributed by atoms with E-state index in [1.54, 1.807) is 36.1 Å². The number of rotatable bonds is 1. The number of anilines is 1. The molecular formula is C21H19FN2O2. The first-order valence-corrected chi connectivity index (χ1v) is 9.05. The second-order valence-electron chi connectivity index (χ2n) is 7.43. The maximum absolute atomic E-state index is 14.7. The van der Waals surface area contributed by atoms with E-state index in [2.05, 4.69) is 4.98 Å². The van der Waals surface area contributed by atoms with E-state index < -0.39 is 0 Å². The summed E-state index contributed by atoms with van der Waals surface area (Å²) in [5.74, 6) is 0.272. The maximum atomic E-state index is 14.7. The summed E-state index contributed by atoms with van der Waals surface area (Å²) in [4.78, 5) is 19.3. The van der Waals surface area contributed by atoms with Crippen molar-refractivity contribution in [2.24, 2.45) is 0 Å². The summed E-state index contributed by atoms with van der Waals surface area (Å²) in [6, 6.07) is 10.4. The molecule has 0 bridgehead atoms. The average molecular weight is 350 g/mol. The van der Waals surface area contributed by atoms with Crippen LogP contribution in [0.1, 0.15) is 47.5 Å². The number of halogens is 1. The summed E-state index contributed by atoms with van der Waals surface area (Å²) in [6.45, 7) is 2.34. The van der Waals surface area contributed by atoms with Crippen LogP contribution in [0.25, 0.3) is 11.1 Å². The molecule has 0 radical (unpaired) electrons. The van der Waals surface area contributed by atoms with E-state index in [9.17, 15) is 9.18 Å². The molecule has 1 amide bonds. The van der Waals surface area contributed by atoms with Crippen LogP contribution < -0.4 is 4.90 Å². The Kier molecular flexibility index (Phi) is 3.23. The fourth-order valence-electron chi connectivity index (χ4n) is 4.70. The normalized spacial score (nSPS) is 18.0. The summed E-state index contributed by atoms with van der Waals surface area (Å²) in [6.07, 6.45) is 4.04. The van der Waals surface area contributed by atoms with E-state index >= 15 is 0 Å². The van der Waals surface area contributed by atoms with Gasteiger partial charge in [-0.05, 0) is 43.2 Å². The zero-order chi connectivity index (χ0) is 17.9. The van der Waals surface area contributed by atoms with E-state index in [0.29, 0.717) is 34.8 Å². The van der Waals surface area contributed by atoms with Crippen molar-refractivity contribution in [2.45, 2.75) is 38.0 Å². The number of hydrogen-bond acceptors (Lipinski definition) is 3. The fourth-order valence-corrected chi connectivity index (χ4v) is 4.70. The van der Waals surface area contributed by atoms with Gasteiger partial charge >= 0.3 is 0 Å². The first-order chi connectivity index (χ1) is 12.6. The maximum Gasteiger partial charge on any atom is 0.258 e. The average Bonchev–Trinajstić information content (AvgIpc) is 3.32. The summed E-state index contributed by atoms with van der Waals surface area (Å²) in [5, 5.41) is 0. The lowest BCUT2D eigenvalue weighted by Crippen LogP contribution is -2.35. The monoisotopic (exact) mass is 350 g/mol. The minimum Gasteiger partial charge on any atom is -0.441 e. The Bertz CT molecular complexity index is 1030. The van der Waals surface area contributed by atoms with Gasteiger partial charge in [-0.15, -0.1) is 0 Å². The third kappa shape index (κ3) is 2.13. The second-order valence-corrected chi connectivity index (χ2v) is 7.43. The number of nitrogens with zero attached hydrogens (tertiary/aromatic N) is 2. The molecule has 132 valence electrons. The van der Waals surface area contributed by atoms with Crippen LogP contribution in [0.3, 0.4) is 0 Å². The number of hydrogen-bond donors (Lipinski definition) is 0. The van der Waals surface area contributed by atoms with Gasteiger partial charge in [0, 0.05) is 30.0 Å². The van der Waals surface area contributed by atoms with Crippen molar-refractivity contribution in [1.29, 1.82) is 0 Å². The second kappa shape index (κ2) is 5.40. The van der Waals surface area contributed by atoms with Crippen LogP contribution in [0.4, 0.5) is 10.1 Å². The number of amides is 1. The van der Waals surface area contributed by atoms with Crippen LogP contribution in [-0.4, -0.2) is 17.4 Å². The minimum atomic E-state index is -0.231. The predicted molar refractivity (Wildman–Crippen MR) is 97.0 cm³/mol. The van der Waals surface area contributed by atoms with Crippen LogP contribution >= 0.6 is 0 Å². The van der Waals surface area contributed by atoms with Gasteiger partial charge in [0.05, 0.1) is 5.69 Å². The van der Waals surface area contributed by atoms with E-state index in [1.165, 1.54) is 6.07 Å². The number of aromatic nitrogens is 1. The van der Waals surface area contributed by atoms with Crippen LogP contribution in [0.5, 0.6) is 0 Å². The molecule has 1 spiro atoms. The molecule has 3 aromatic rings. The molecule has 0 saturated heterocycles. The van der Waals surface area contributed by atoms with Crippen molar-refractivity contribution in [1.82, 2.24) is 4.98 Å². The van der Waals surface area contributed by atoms with E-state index in [-0.39, 0.29) is 17.1 Å². The Balaban J connectivity index is 1.59. The number of fused-ring (bicyclic) bond motifs is 3. The number of aryl methyl sites for hydroxylation is 1. The van der Waals surface area contributed by atoms with Gasteiger partial charge in [-0.25, -0.2) is 9.37 Å². The molecule has 1 fully saturated rings. The van der Waals surface area contributed by atoms with Crippen molar-refractivity contribution >= 4 is 22.7 Å². The van der Waals surface area contributed by atoms with Gasteiger partial charge in [0.25, 0.3) is 5.91 Å². The summed E-state index contributed by atoms with van der Waals surface area (Å²) in [5.41, 5.74) is 3.10. The molecule has 5 rings (SSSR count). The molecule has 0 unspecified atom stereocenters. The summed E-state index contributed by atoms with van der Waals surface area (Å²) >= 11 is 0. The number of oxazole rings is 1.